The molecule has 0 aromatic heterocycles. The molecule has 0 aliphatic rings. The first kappa shape index (κ1) is 11.7. The summed E-state index contributed by atoms with van der Waals surface area (Å²) in [6.07, 6.45) is 0.300. The predicted octanol–water partition coefficient (Wildman–Crippen LogP) is 2.20. The molecule has 0 heterocycles. The van der Waals surface area contributed by atoms with E-state index in [1.807, 2.05) is 26.0 Å². The molecular formula is C12H16O3. The van der Waals surface area contributed by atoms with Crippen LogP contribution in [0.5, 0.6) is 5.75 Å². The van der Waals surface area contributed by atoms with Crippen molar-refractivity contribution in [3.05, 3.63) is 28.8 Å². The van der Waals surface area contributed by atoms with Gasteiger partial charge in [-0.15, -0.1) is 0 Å². The highest BCUT2D eigenvalue weighted by atomic mass is 16.5. The van der Waals surface area contributed by atoms with Gasteiger partial charge in [0.25, 0.3) is 0 Å². The SMILES string of the molecule is COc1c(C)cc(C(C=O)OC)cc1C. The number of carbonyl (C=O) groups is 1. The Bertz CT molecular complexity index is 335. The zero-order chi connectivity index (χ0) is 11.4. The van der Waals surface area contributed by atoms with Crippen molar-refractivity contribution in [2.24, 2.45) is 0 Å². The van der Waals surface area contributed by atoms with Crippen molar-refractivity contribution in [3.8, 4) is 5.75 Å². The molecule has 0 radical (unpaired) electrons. The molecule has 1 unspecified atom stereocenters. The second kappa shape index (κ2) is 4.94. The highest BCUT2D eigenvalue weighted by molar-refractivity contribution is 5.61. The van der Waals surface area contributed by atoms with Crippen LogP contribution in [0.15, 0.2) is 12.1 Å². The second-order valence-corrected chi connectivity index (χ2v) is 3.48. The molecule has 15 heavy (non-hydrogen) atoms. The summed E-state index contributed by atoms with van der Waals surface area (Å²) in [6.45, 7) is 3.90. The van der Waals surface area contributed by atoms with Crippen LogP contribution in [0.4, 0.5) is 0 Å². The van der Waals surface area contributed by atoms with Gasteiger partial charge < -0.3 is 14.3 Å². The molecule has 0 saturated carbocycles. The molecule has 3 heteroatoms. The van der Waals surface area contributed by atoms with Crippen LogP contribution in [-0.2, 0) is 9.53 Å². The van der Waals surface area contributed by atoms with E-state index < -0.39 is 6.10 Å². The zero-order valence-corrected chi connectivity index (χ0v) is 9.53. The maximum Gasteiger partial charge on any atom is 0.153 e. The molecule has 0 aliphatic carbocycles. The van der Waals surface area contributed by atoms with Crippen molar-refractivity contribution in [2.75, 3.05) is 14.2 Å². The van der Waals surface area contributed by atoms with Crippen LogP contribution in [0, 0.1) is 13.8 Å². The van der Waals surface area contributed by atoms with Crippen LogP contribution < -0.4 is 4.74 Å². The average molecular weight is 208 g/mol. The number of carbonyl (C=O) groups excluding carboxylic acids is 1. The van der Waals surface area contributed by atoms with Gasteiger partial charge in [0.2, 0.25) is 0 Å². The Hall–Kier alpha value is -1.35. The van der Waals surface area contributed by atoms with Crippen molar-refractivity contribution in [1.82, 2.24) is 0 Å². The molecule has 82 valence electrons. The minimum Gasteiger partial charge on any atom is -0.496 e. The lowest BCUT2D eigenvalue weighted by Gasteiger charge is -2.14. The molecule has 1 rings (SSSR count). The number of ether oxygens (including phenoxy) is 2. The molecule has 1 aromatic rings. The van der Waals surface area contributed by atoms with E-state index >= 15 is 0 Å². The Morgan fingerprint density at radius 3 is 2.07 bits per heavy atom. The minimum absolute atomic E-state index is 0.492. The fraction of sp³-hybridized carbons (Fsp3) is 0.417. The maximum atomic E-state index is 10.8. The normalized spacial score (nSPS) is 12.3. The molecular weight excluding hydrogens is 192 g/mol. The smallest absolute Gasteiger partial charge is 0.153 e. The Kier molecular flexibility index (Phi) is 3.86. The summed E-state index contributed by atoms with van der Waals surface area (Å²) >= 11 is 0. The average Bonchev–Trinajstić information content (AvgIpc) is 2.19. The van der Waals surface area contributed by atoms with Gasteiger partial charge in [-0.05, 0) is 42.7 Å². The third-order valence-corrected chi connectivity index (χ3v) is 2.39. The van der Waals surface area contributed by atoms with Crippen molar-refractivity contribution in [2.45, 2.75) is 20.0 Å². The lowest BCUT2D eigenvalue weighted by molar-refractivity contribution is -0.116. The molecule has 3 nitrogen and oxygen atoms in total. The lowest BCUT2D eigenvalue weighted by Crippen LogP contribution is -2.04. The third-order valence-electron chi connectivity index (χ3n) is 2.39. The third kappa shape index (κ3) is 2.36. The highest BCUT2D eigenvalue weighted by Crippen LogP contribution is 2.27. The molecule has 1 atom stereocenters. The van der Waals surface area contributed by atoms with Crippen molar-refractivity contribution >= 4 is 6.29 Å². The monoisotopic (exact) mass is 208 g/mol. The Morgan fingerprint density at radius 1 is 1.20 bits per heavy atom. The first-order valence-electron chi connectivity index (χ1n) is 4.77. The Balaban J connectivity index is 3.18. The van der Waals surface area contributed by atoms with E-state index in [0.717, 1.165) is 28.7 Å². The quantitative estimate of drug-likeness (QED) is 0.711. The van der Waals surface area contributed by atoms with Crippen LogP contribution in [-0.4, -0.2) is 20.5 Å². The fourth-order valence-corrected chi connectivity index (χ4v) is 1.74. The summed E-state index contributed by atoms with van der Waals surface area (Å²) in [5.74, 6) is 0.861. The largest absolute Gasteiger partial charge is 0.496 e. The van der Waals surface area contributed by atoms with E-state index in [-0.39, 0.29) is 0 Å². The van der Waals surface area contributed by atoms with E-state index in [2.05, 4.69) is 0 Å². The van der Waals surface area contributed by atoms with Gasteiger partial charge >= 0.3 is 0 Å². The number of methoxy groups -OCH3 is 2. The molecule has 0 bridgehead atoms. The van der Waals surface area contributed by atoms with Crippen molar-refractivity contribution < 1.29 is 14.3 Å². The van der Waals surface area contributed by atoms with Crippen LogP contribution >= 0.6 is 0 Å². The summed E-state index contributed by atoms with van der Waals surface area (Å²) in [5, 5.41) is 0. The standard InChI is InChI=1S/C12H16O3/c1-8-5-10(11(7-13)14-3)6-9(2)12(8)15-4/h5-7,11H,1-4H3. The molecule has 0 fully saturated rings. The maximum absolute atomic E-state index is 10.8. The number of hydrogen-bond acceptors (Lipinski definition) is 3. The summed E-state index contributed by atoms with van der Waals surface area (Å²) in [7, 11) is 3.16. The van der Waals surface area contributed by atoms with Crippen molar-refractivity contribution in [1.29, 1.82) is 0 Å². The van der Waals surface area contributed by atoms with Crippen LogP contribution in [0.2, 0.25) is 0 Å². The van der Waals surface area contributed by atoms with Gasteiger partial charge in [0, 0.05) is 7.11 Å². The number of rotatable bonds is 4. The highest BCUT2D eigenvalue weighted by Gasteiger charge is 2.12. The first-order valence-corrected chi connectivity index (χ1v) is 4.77. The summed E-state index contributed by atoms with van der Waals surface area (Å²) in [4.78, 5) is 10.8. The molecule has 0 amide bonds. The van der Waals surface area contributed by atoms with E-state index in [4.69, 9.17) is 9.47 Å². The topological polar surface area (TPSA) is 35.5 Å². The Morgan fingerprint density at radius 2 is 1.73 bits per heavy atom. The van der Waals surface area contributed by atoms with Crippen LogP contribution in [0.3, 0.4) is 0 Å². The minimum atomic E-state index is -0.492. The van der Waals surface area contributed by atoms with Gasteiger partial charge in [0.1, 0.15) is 11.9 Å². The fourth-order valence-electron chi connectivity index (χ4n) is 1.74. The number of hydrogen-bond donors (Lipinski definition) is 0. The number of aryl methyl sites for hydroxylation is 2. The lowest BCUT2D eigenvalue weighted by atomic mass is 10.0. The first-order chi connectivity index (χ1) is 7.13. The predicted molar refractivity (Wildman–Crippen MR) is 58.3 cm³/mol. The van der Waals surface area contributed by atoms with Gasteiger partial charge in [0.15, 0.2) is 6.29 Å². The number of aldehydes is 1. The summed E-state index contributed by atoms with van der Waals surface area (Å²) in [5.41, 5.74) is 2.89. The van der Waals surface area contributed by atoms with Gasteiger partial charge in [-0.3, -0.25) is 0 Å². The van der Waals surface area contributed by atoms with E-state index in [1.165, 1.54) is 7.11 Å². The zero-order valence-electron chi connectivity index (χ0n) is 9.53. The van der Waals surface area contributed by atoms with Crippen molar-refractivity contribution in [3.63, 3.8) is 0 Å². The van der Waals surface area contributed by atoms with E-state index in [0.29, 0.717) is 0 Å². The summed E-state index contributed by atoms with van der Waals surface area (Å²) < 4.78 is 10.3. The van der Waals surface area contributed by atoms with Crippen LogP contribution in [0.1, 0.15) is 22.8 Å². The van der Waals surface area contributed by atoms with Crippen LogP contribution in [0.25, 0.3) is 0 Å². The van der Waals surface area contributed by atoms with Gasteiger partial charge in [-0.2, -0.15) is 0 Å². The van der Waals surface area contributed by atoms with E-state index in [9.17, 15) is 4.79 Å². The van der Waals surface area contributed by atoms with Gasteiger partial charge in [-0.1, -0.05) is 0 Å². The molecule has 0 spiro atoms. The molecule has 1 aromatic carbocycles. The second-order valence-electron chi connectivity index (χ2n) is 3.48. The summed E-state index contributed by atoms with van der Waals surface area (Å²) in [6, 6.07) is 3.82. The Labute approximate surface area is 90.0 Å². The number of benzene rings is 1. The molecule has 0 saturated heterocycles. The van der Waals surface area contributed by atoms with Gasteiger partial charge in [-0.25, -0.2) is 0 Å². The van der Waals surface area contributed by atoms with Gasteiger partial charge in [0.05, 0.1) is 7.11 Å². The molecule has 0 N–H and O–H groups in total. The molecule has 0 aliphatic heterocycles. The van der Waals surface area contributed by atoms with E-state index in [1.54, 1.807) is 7.11 Å².